The molecule has 0 radical (unpaired) electrons. The standard InChI is InChI=1S/C13H26N2O2.ClH/c1-13(2,6-7-17-3)10-15-12(16)9-14-8-11-4-5-11;/h11,14H,4-10H2,1-3H3,(H,15,16);1H. The van der Waals surface area contributed by atoms with Crippen LogP contribution in [0.5, 0.6) is 0 Å². The molecule has 0 aliphatic heterocycles. The van der Waals surface area contributed by atoms with Gasteiger partial charge >= 0.3 is 0 Å². The second-order valence-corrected chi connectivity index (χ2v) is 5.76. The van der Waals surface area contributed by atoms with Crippen LogP contribution in [0.15, 0.2) is 0 Å². The zero-order valence-corrected chi connectivity index (χ0v) is 12.6. The van der Waals surface area contributed by atoms with Crippen LogP contribution in [0.1, 0.15) is 33.1 Å². The van der Waals surface area contributed by atoms with Crippen LogP contribution in [0, 0.1) is 11.3 Å². The van der Waals surface area contributed by atoms with Crippen LogP contribution in [-0.2, 0) is 9.53 Å². The summed E-state index contributed by atoms with van der Waals surface area (Å²) in [6.45, 7) is 7.16. The first-order chi connectivity index (χ1) is 8.03. The summed E-state index contributed by atoms with van der Waals surface area (Å²) < 4.78 is 5.06. The highest BCUT2D eigenvalue weighted by Gasteiger charge is 2.21. The van der Waals surface area contributed by atoms with E-state index < -0.39 is 0 Å². The molecular weight excluding hydrogens is 252 g/mol. The van der Waals surface area contributed by atoms with E-state index in [1.807, 2.05) is 0 Å². The lowest BCUT2D eigenvalue weighted by Gasteiger charge is -2.24. The Balaban J connectivity index is 0.00000289. The summed E-state index contributed by atoms with van der Waals surface area (Å²) in [7, 11) is 1.70. The van der Waals surface area contributed by atoms with Crippen molar-refractivity contribution in [3.63, 3.8) is 0 Å². The monoisotopic (exact) mass is 278 g/mol. The van der Waals surface area contributed by atoms with Gasteiger partial charge in [-0.2, -0.15) is 0 Å². The Hall–Kier alpha value is -0.320. The number of hydrogen-bond acceptors (Lipinski definition) is 3. The van der Waals surface area contributed by atoms with Gasteiger partial charge in [-0.15, -0.1) is 12.4 Å². The number of methoxy groups -OCH3 is 1. The first-order valence-electron chi connectivity index (χ1n) is 6.50. The third kappa shape index (κ3) is 8.72. The van der Waals surface area contributed by atoms with Gasteiger partial charge in [0.15, 0.2) is 0 Å². The van der Waals surface area contributed by atoms with Gasteiger partial charge in [0, 0.05) is 20.3 Å². The van der Waals surface area contributed by atoms with E-state index in [9.17, 15) is 4.79 Å². The molecule has 1 fully saturated rings. The number of nitrogens with one attached hydrogen (secondary N) is 2. The van der Waals surface area contributed by atoms with Crippen molar-refractivity contribution >= 4 is 18.3 Å². The Morgan fingerprint density at radius 3 is 2.61 bits per heavy atom. The largest absolute Gasteiger partial charge is 0.385 e. The van der Waals surface area contributed by atoms with E-state index in [0.717, 1.165) is 25.5 Å². The minimum absolute atomic E-state index is 0. The molecule has 0 spiro atoms. The highest BCUT2D eigenvalue weighted by Crippen LogP contribution is 2.27. The molecule has 1 aliphatic rings. The summed E-state index contributed by atoms with van der Waals surface area (Å²) >= 11 is 0. The van der Waals surface area contributed by atoms with Crippen LogP contribution in [0.2, 0.25) is 0 Å². The van der Waals surface area contributed by atoms with Crippen molar-refractivity contribution in [1.82, 2.24) is 10.6 Å². The number of halogens is 1. The lowest BCUT2D eigenvalue weighted by atomic mass is 9.90. The lowest BCUT2D eigenvalue weighted by molar-refractivity contribution is -0.120. The molecule has 0 aromatic heterocycles. The van der Waals surface area contributed by atoms with Crippen LogP contribution < -0.4 is 10.6 Å². The van der Waals surface area contributed by atoms with Crippen LogP contribution in [0.3, 0.4) is 0 Å². The Morgan fingerprint density at radius 1 is 1.39 bits per heavy atom. The summed E-state index contributed by atoms with van der Waals surface area (Å²) in [5, 5.41) is 6.16. The summed E-state index contributed by atoms with van der Waals surface area (Å²) in [6, 6.07) is 0. The quantitative estimate of drug-likeness (QED) is 0.673. The van der Waals surface area contributed by atoms with E-state index in [2.05, 4.69) is 24.5 Å². The molecule has 0 aromatic rings. The number of ether oxygens (including phenoxy) is 1. The van der Waals surface area contributed by atoms with E-state index in [0.29, 0.717) is 13.1 Å². The zero-order valence-electron chi connectivity index (χ0n) is 11.8. The van der Waals surface area contributed by atoms with Crippen molar-refractivity contribution in [1.29, 1.82) is 0 Å². The Bertz CT molecular complexity index is 243. The second-order valence-electron chi connectivity index (χ2n) is 5.76. The number of carbonyl (C=O) groups is 1. The van der Waals surface area contributed by atoms with Gasteiger partial charge in [0.05, 0.1) is 6.54 Å². The van der Waals surface area contributed by atoms with Gasteiger partial charge in [-0.25, -0.2) is 0 Å². The summed E-state index contributed by atoms with van der Waals surface area (Å²) in [5.41, 5.74) is 0.0994. The first kappa shape index (κ1) is 17.7. The third-order valence-electron chi connectivity index (χ3n) is 3.16. The molecule has 108 valence electrons. The normalized spacial score (nSPS) is 15.1. The van der Waals surface area contributed by atoms with Gasteiger partial charge in [-0.1, -0.05) is 13.8 Å². The minimum Gasteiger partial charge on any atom is -0.385 e. The lowest BCUT2D eigenvalue weighted by Crippen LogP contribution is -2.40. The Kier molecular flexibility index (Phi) is 8.57. The zero-order chi connectivity index (χ0) is 12.7. The van der Waals surface area contributed by atoms with Crippen LogP contribution in [0.4, 0.5) is 0 Å². The van der Waals surface area contributed by atoms with Gasteiger partial charge in [-0.3, -0.25) is 4.79 Å². The van der Waals surface area contributed by atoms with Crippen LogP contribution in [-0.4, -0.2) is 39.3 Å². The molecule has 0 aromatic carbocycles. The molecule has 0 bridgehead atoms. The predicted molar refractivity (Wildman–Crippen MR) is 76.1 cm³/mol. The maximum Gasteiger partial charge on any atom is 0.233 e. The van der Waals surface area contributed by atoms with Gasteiger partial charge in [0.1, 0.15) is 0 Å². The van der Waals surface area contributed by atoms with E-state index in [-0.39, 0.29) is 23.7 Å². The van der Waals surface area contributed by atoms with Gasteiger partial charge in [0.25, 0.3) is 0 Å². The first-order valence-corrected chi connectivity index (χ1v) is 6.50. The van der Waals surface area contributed by atoms with E-state index in [1.54, 1.807) is 7.11 Å². The van der Waals surface area contributed by atoms with E-state index in [1.165, 1.54) is 12.8 Å². The summed E-state index contributed by atoms with van der Waals surface area (Å²) in [6.07, 6.45) is 3.59. The molecule has 0 unspecified atom stereocenters. The van der Waals surface area contributed by atoms with Gasteiger partial charge in [-0.05, 0) is 37.1 Å². The molecule has 1 amide bonds. The van der Waals surface area contributed by atoms with Crippen molar-refractivity contribution in [2.45, 2.75) is 33.1 Å². The Labute approximate surface area is 117 Å². The van der Waals surface area contributed by atoms with Crippen molar-refractivity contribution in [2.75, 3.05) is 33.4 Å². The van der Waals surface area contributed by atoms with Crippen molar-refractivity contribution in [3.8, 4) is 0 Å². The molecule has 1 rings (SSSR count). The molecule has 0 atom stereocenters. The maximum atomic E-state index is 11.6. The number of carbonyl (C=O) groups excluding carboxylic acids is 1. The molecule has 4 nitrogen and oxygen atoms in total. The molecular formula is C13H27ClN2O2. The molecule has 18 heavy (non-hydrogen) atoms. The van der Waals surface area contributed by atoms with E-state index >= 15 is 0 Å². The number of hydrogen-bond donors (Lipinski definition) is 2. The average Bonchev–Trinajstić information content (AvgIpc) is 3.08. The van der Waals surface area contributed by atoms with E-state index in [4.69, 9.17) is 4.74 Å². The molecule has 1 saturated carbocycles. The molecule has 5 heteroatoms. The van der Waals surface area contributed by atoms with Crippen molar-refractivity contribution in [2.24, 2.45) is 11.3 Å². The summed E-state index contributed by atoms with van der Waals surface area (Å²) in [4.78, 5) is 11.6. The Morgan fingerprint density at radius 2 is 2.06 bits per heavy atom. The number of rotatable bonds is 9. The average molecular weight is 279 g/mol. The van der Waals surface area contributed by atoms with Crippen molar-refractivity contribution < 1.29 is 9.53 Å². The molecule has 0 heterocycles. The second kappa shape index (κ2) is 8.73. The highest BCUT2D eigenvalue weighted by atomic mass is 35.5. The van der Waals surface area contributed by atoms with Gasteiger partial charge in [0.2, 0.25) is 5.91 Å². The van der Waals surface area contributed by atoms with Gasteiger partial charge < -0.3 is 15.4 Å². The fourth-order valence-corrected chi connectivity index (χ4v) is 1.58. The highest BCUT2D eigenvalue weighted by molar-refractivity contribution is 5.85. The van der Waals surface area contributed by atoms with Crippen LogP contribution in [0.25, 0.3) is 0 Å². The predicted octanol–water partition coefficient (Wildman–Crippen LogP) is 1.59. The number of amides is 1. The summed E-state index contributed by atoms with van der Waals surface area (Å²) in [5.74, 6) is 0.914. The maximum absolute atomic E-state index is 11.6. The smallest absolute Gasteiger partial charge is 0.233 e. The molecule has 0 saturated heterocycles. The fraction of sp³-hybridized carbons (Fsp3) is 0.923. The molecule has 2 N–H and O–H groups in total. The molecule has 1 aliphatic carbocycles. The fourth-order valence-electron chi connectivity index (χ4n) is 1.58. The SMILES string of the molecule is COCCC(C)(C)CNC(=O)CNCC1CC1.Cl. The van der Waals surface area contributed by atoms with Crippen molar-refractivity contribution in [3.05, 3.63) is 0 Å². The topological polar surface area (TPSA) is 50.4 Å². The minimum atomic E-state index is 0. The third-order valence-corrected chi connectivity index (χ3v) is 3.16. The van der Waals surface area contributed by atoms with Crippen LogP contribution >= 0.6 is 12.4 Å².